The van der Waals surface area contributed by atoms with Gasteiger partial charge in [0.2, 0.25) is 0 Å². The molecule has 5 heteroatoms. The van der Waals surface area contributed by atoms with E-state index in [0.29, 0.717) is 0 Å². The molecule has 0 aliphatic rings. The van der Waals surface area contributed by atoms with Gasteiger partial charge in [0, 0.05) is 68.9 Å². The van der Waals surface area contributed by atoms with E-state index >= 15 is 0 Å². The number of furan rings is 1. The van der Waals surface area contributed by atoms with Crippen molar-refractivity contribution in [3.8, 4) is 16.8 Å². The summed E-state index contributed by atoms with van der Waals surface area (Å²) in [6.45, 7) is 0. The van der Waals surface area contributed by atoms with Gasteiger partial charge in [-0.15, -0.1) is 11.3 Å². The SMILES string of the molecule is O=c1c2ccccc2c2cccc3c4cc(-c5cccc6oc7ccc(-n8c9ccccc9c9cc%10c(cc98)sc8ccccc8%10)cc7c56)ccc4n1c23. The van der Waals surface area contributed by atoms with Crippen LogP contribution in [0.1, 0.15) is 0 Å². The van der Waals surface area contributed by atoms with Crippen LogP contribution in [0.4, 0.5) is 0 Å². The van der Waals surface area contributed by atoms with Crippen molar-refractivity contribution in [2.24, 2.45) is 0 Å². The molecule has 0 saturated carbocycles. The molecule has 0 aliphatic heterocycles. The van der Waals surface area contributed by atoms with Gasteiger partial charge in [-0.1, -0.05) is 91.0 Å². The zero-order valence-corrected chi connectivity index (χ0v) is 29.4. The third kappa shape index (κ3) is 3.59. The van der Waals surface area contributed by atoms with Crippen molar-refractivity contribution in [2.75, 3.05) is 0 Å². The Hall–Kier alpha value is -6.95. The maximum absolute atomic E-state index is 14.0. The molecule has 8 aromatic carbocycles. The Morgan fingerprint density at radius 3 is 2.09 bits per heavy atom. The number of thiophene rings is 1. The lowest BCUT2D eigenvalue weighted by atomic mass is 9.97. The van der Waals surface area contributed by atoms with Gasteiger partial charge < -0.3 is 8.98 Å². The van der Waals surface area contributed by atoms with E-state index in [4.69, 9.17) is 4.42 Å². The first-order valence-electron chi connectivity index (χ1n) is 18.2. The largest absolute Gasteiger partial charge is 0.456 e. The van der Waals surface area contributed by atoms with Gasteiger partial charge in [0.05, 0.1) is 22.1 Å². The van der Waals surface area contributed by atoms with Gasteiger partial charge in [-0.3, -0.25) is 9.20 Å². The second-order valence-corrected chi connectivity index (χ2v) is 15.5. The van der Waals surface area contributed by atoms with Crippen molar-refractivity contribution in [3.63, 3.8) is 0 Å². The predicted molar refractivity (Wildman–Crippen MR) is 227 cm³/mol. The minimum absolute atomic E-state index is 0.0191. The average molecular weight is 707 g/mol. The standard InChI is InChI=1S/C49H26N2O2S/c52-49-35-12-2-1-9-30(35)33-14-7-15-34-36-23-27(19-21-41(36)51(49)48(33)34)29-13-8-17-44-47(29)39-24-28(20-22-43(39)53-44)50-40-16-5-3-10-31(40)37-25-38-32-11-4-6-18-45(32)54-46(38)26-42(37)50/h1-26H. The molecule has 250 valence electrons. The normalized spacial score (nSPS) is 12.5. The predicted octanol–water partition coefficient (Wildman–Crippen LogP) is 13.2. The maximum atomic E-state index is 14.0. The highest BCUT2D eigenvalue weighted by Crippen LogP contribution is 2.43. The van der Waals surface area contributed by atoms with E-state index in [2.05, 4.69) is 144 Å². The summed E-state index contributed by atoms with van der Waals surface area (Å²) in [5.74, 6) is 0. The summed E-state index contributed by atoms with van der Waals surface area (Å²) in [6, 6.07) is 55.9. The molecule has 0 bridgehead atoms. The van der Waals surface area contributed by atoms with E-state index in [0.717, 1.165) is 76.7 Å². The summed E-state index contributed by atoms with van der Waals surface area (Å²) in [5, 5.41) is 12.2. The molecule has 0 radical (unpaired) electrons. The molecule has 0 aliphatic carbocycles. The fourth-order valence-electron chi connectivity index (χ4n) is 9.35. The molecule has 0 spiro atoms. The molecular formula is C49H26N2O2S. The summed E-state index contributed by atoms with van der Waals surface area (Å²) in [5.41, 5.74) is 9.26. The first-order valence-corrected chi connectivity index (χ1v) is 19.0. The number of rotatable bonds is 2. The van der Waals surface area contributed by atoms with Gasteiger partial charge in [-0.2, -0.15) is 0 Å². The fraction of sp³-hybridized carbons (Fsp3) is 0. The van der Waals surface area contributed by atoms with Crippen molar-refractivity contribution >= 4 is 113 Å². The Morgan fingerprint density at radius 1 is 0.444 bits per heavy atom. The van der Waals surface area contributed by atoms with Crippen LogP contribution in [-0.2, 0) is 0 Å². The molecule has 0 saturated heterocycles. The van der Waals surface area contributed by atoms with E-state index in [1.54, 1.807) is 0 Å². The summed E-state index contributed by atoms with van der Waals surface area (Å²) in [6.07, 6.45) is 0. The number of para-hydroxylation sites is 2. The Balaban J connectivity index is 1.06. The van der Waals surface area contributed by atoms with Crippen molar-refractivity contribution in [1.29, 1.82) is 0 Å². The summed E-state index contributed by atoms with van der Waals surface area (Å²) < 4.78 is 13.5. The first kappa shape index (κ1) is 28.6. The van der Waals surface area contributed by atoms with Crippen molar-refractivity contribution in [2.45, 2.75) is 0 Å². The zero-order valence-electron chi connectivity index (χ0n) is 28.6. The Kier molecular flexibility index (Phi) is 5.37. The molecule has 13 rings (SSSR count). The highest BCUT2D eigenvalue weighted by Gasteiger charge is 2.21. The van der Waals surface area contributed by atoms with Crippen LogP contribution >= 0.6 is 11.3 Å². The Morgan fingerprint density at radius 2 is 1.19 bits per heavy atom. The lowest BCUT2D eigenvalue weighted by Crippen LogP contribution is -2.12. The molecule has 4 nitrogen and oxygen atoms in total. The second-order valence-electron chi connectivity index (χ2n) is 14.4. The summed E-state index contributed by atoms with van der Waals surface area (Å²) >= 11 is 1.85. The number of fused-ring (bicyclic) bond motifs is 14. The lowest BCUT2D eigenvalue weighted by Gasteiger charge is -2.09. The molecular weight excluding hydrogens is 681 g/mol. The smallest absolute Gasteiger partial charge is 0.263 e. The van der Waals surface area contributed by atoms with Crippen LogP contribution in [0.5, 0.6) is 0 Å². The van der Waals surface area contributed by atoms with Gasteiger partial charge >= 0.3 is 0 Å². The summed E-state index contributed by atoms with van der Waals surface area (Å²) in [7, 11) is 0. The molecule has 5 heterocycles. The van der Waals surface area contributed by atoms with E-state index in [9.17, 15) is 4.79 Å². The van der Waals surface area contributed by atoms with E-state index < -0.39 is 0 Å². The van der Waals surface area contributed by atoms with E-state index in [1.807, 2.05) is 33.9 Å². The molecule has 13 aromatic rings. The van der Waals surface area contributed by atoms with Crippen molar-refractivity contribution in [1.82, 2.24) is 8.97 Å². The van der Waals surface area contributed by atoms with Gasteiger partial charge in [-0.05, 0) is 83.2 Å². The molecule has 54 heavy (non-hydrogen) atoms. The van der Waals surface area contributed by atoms with Crippen LogP contribution < -0.4 is 5.56 Å². The molecule has 0 unspecified atom stereocenters. The first-order chi connectivity index (χ1) is 26.7. The van der Waals surface area contributed by atoms with Crippen molar-refractivity contribution in [3.05, 3.63) is 168 Å². The highest BCUT2D eigenvalue weighted by molar-refractivity contribution is 7.25. The van der Waals surface area contributed by atoms with Crippen molar-refractivity contribution < 1.29 is 4.42 Å². The summed E-state index contributed by atoms with van der Waals surface area (Å²) in [4.78, 5) is 14.0. The monoisotopic (exact) mass is 706 g/mol. The average Bonchev–Trinajstić information content (AvgIpc) is 3.96. The molecule has 5 aromatic heterocycles. The molecule has 0 amide bonds. The molecule has 0 fully saturated rings. The van der Waals surface area contributed by atoms with Crippen LogP contribution in [0.3, 0.4) is 0 Å². The molecule has 0 atom stereocenters. The van der Waals surface area contributed by atoms with Crippen LogP contribution in [-0.4, -0.2) is 8.97 Å². The van der Waals surface area contributed by atoms with Crippen LogP contribution in [0.15, 0.2) is 167 Å². The number of hydrogen-bond acceptors (Lipinski definition) is 3. The van der Waals surface area contributed by atoms with Gasteiger partial charge in [-0.25, -0.2) is 0 Å². The highest BCUT2D eigenvalue weighted by atomic mass is 32.1. The van der Waals surface area contributed by atoms with E-state index in [1.165, 1.54) is 42.0 Å². The maximum Gasteiger partial charge on any atom is 0.263 e. The fourth-order valence-corrected chi connectivity index (χ4v) is 10.5. The third-order valence-corrected chi connectivity index (χ3v) is 12.8. The third-order valence-electron chi connectivity index (χ3n) is 11.7. The Labute approximate surface area is 310 Å². The Bertz CT molecular complexity index is 3820. The minimum atomic E-state index is 0.0191. The molecule has 0 N–H and O–H groups in total. The van der Waals surface area contributed by atoms with E-state index in [-0.39, 0.29) is 5.56 Å². The number of nitrogens with zero attached hydrogens (tertiary/aromatic N) is 2. The van der Waals surface area contributed by atoms with Gasteiger partial charge in [0.1, 0.15) is 11.2 Å². The second kappa shape index (κ2) is 10.1. The topological polar surface area (TPSA) is 39.5 Å². The number of aromatic nitrogens is 2. The lowest BCUT2D eigenvalue weighted by molar-refractivity contribution is 0.669. The van der Waals surface area contributed by atoms with Crippen LogP contribution in [0.2, 0.25) is 0 Å². The van der Waals surface area contributed by atoms with Gasteiger partial charge in [0.25, 0.3) is 5.56 Å². The van der Waals surface area contributed by atoms with Gasteiger partial charge in [0.15, 0.2) is 0 Å². The van der Waals surface area contributed by atoms with Crippen LogP contribution in [0, 0.1) is 0 Å². The number of pyridine rings is 1. The number of benzene rings is 8. The minimum Gasteiger partial charge on any atom is -0.456 e. The quantitative estimate of drug-likeness (QED) is 0.168. The zero-order chi connectivity index (χ0) is 35.2. The number of hydrogen-bond donors (Lipinski definition) is 0. The van der Waals surface area contributed by atoms with Crippen LogP contribution in [0.25, 0.3) is 119 Å².